The normalized spacial score (nSPS) is 18.2. The average Bonchev–Trinajstić information content (AvgIpc) is 3.00. The van der Waals surface area contributed by atoms with Crippen LogP contribution in [0, 0.1) is 5.92 Å². The van der Waals surface area contributed by atoms with Crippen LogP contribution in [0.5, 0.6) is 0 Å². The molecule has 1 aromatic carbocycles. The summed E-state index contributed by atoms with van der Waals surface area (Å²) < 4.78 is 0. The van der Waals surface area contributed by atoms with Crippen molar-refractivity contribution >= 4 is 11.7 Å². The Bertz CT molecular complexity index is 515. The van der Waals surface area contributed by atoms with Crippen molar-refractivity contribution in [2.24, 2.45) is 5.92 Å². The van der Waals surface area contributed by atoms with Crippen LogP contribution in [0.25, 0.3) is 0 Å². The highest BCUT2D eigenvalue weighted by Crippen LogP contribution is 2.17. The van der Waals surface area contributed by atoms with Crippen molar-refractivity contribution in [1.82, 2.24) is 15.5 Å². The molecule has 1 fully saturated rings. The van der Waals surface area contributed by atoms with Gasteiger partial charge in [-0.05, 0) is 50.4 Å². The quantitative estimate of drug-likeness (QED) is 0.846. The predicted molar refractivity (Wildman–Crippen MR) is 95.8 cm³/mol. The Morgan fingerprint density at radius 2 is 2.13 bits per heavy atom. The topological polar surface area (TPSA) is 47.6 Å². The lowest BCUT2D eigenvalue weighted by Gasteiger charge is -2.20. The van der Waals surface area contributed by atoms with Gasteiger partial charge >= 0.3 is 6.03 Å². The van der Waals surface area contributed by atoms with Crippen LogP contribution >= 0.6 is 0 Å². The molecule has 1 heterocycles. The number of hydrogen-bond acceptors (Lipinski definition) is 3. The van der Waals surface area contributed by atoms with Crippen molar-refractivity contribution in [3.05, 3.63) is 29.8 Å². The number of amides is 2. The maximum atomic E-state index is 12.0. The Kier molecular flexibility index (Phi) is 6.28. The molecule has 0 saturated carbocycles. The summed E-state index contributed by atoms with van der Waals surface area (Å²) in [6.45, 7) is 7.99. The third-order valence-electron chi connectivity index (χ3n) is 4.48. The van der Waals surface area contributed by atoms with Gasteiger partial charge in [-0.3, -0.25) is 0 Å². The van der Waals surface area contributed by atoms with E-state index in [1.54, 1.807) is 0 Å². The van der Waals surface area contributed by atoms with E-state index in [2.05, 4.69) is 46.4 Å². The van der Waals surface area contributed by atoms with Crippen molar-refractivity contribution in [1.29, 1.82) is 0 Å². The summed E-state index contributed by atoms with van der Waals surface area (Å²) in [5.41, 5.74) is 2.25. The fraction of sp³-hybridized carbons (Fsp3) is 0.611. The maximum Gasteiger partial charge on any atom is 0.315 e. The first kappa shape index (κ1) is 17.6. The molecule has 0 radical (unpaired) electrons. The van der Waals surface area contributed by atoms with E-state index in [1.807, 2.05) is 26.2 Å². The van der Waals surface area contributed by atoms with Crippen molar-refractivity contribution in [2.75, 3.05) is 38.6 Å². The van der Waals surface area contributed by atoms with Crippen molar-refractivity contribution in [3.63, 3.8) is 0 Å². The number of benzene rings is 1. The molecule has 0 spiro atoms. The average molecular weight is 318 g/mol. The lowest BCUT2D eigenvalue weighted by molar-refractivity contribution is 0.236. The first-order valence-corrected chi connectivity index (χ1v) is 8.47. The Balaban J connectivity index is 1.70. The van der Waals surface area contributed by atoms with Gasteiger partial charge in [0.2, 0.25) is 0 Å². The first-order chi connectivity index (χ1) is 11.0. The van der Waals surface area contributed by atoms with Crippen LogP contribution in [0.4, 0.5) is 10.5 Å². The van der Waals surface area contributed by atoms with E-state index in [4.69, 9.17) is 0 Å². The molecule has 128 valence electrons. The first-order valence-electron chi connectivity index (χ1n) is 8.47. The lowest BCUT2D eigenvalue weighted by atomic mass is 10.1. The molecule has 0 unspecified atom stereocenters. The second-order valence-electron chi connectivity index (χ2n) is 6.87. The van der Waals surface area contributed by atoms with E-state index in [-0.39, 0.29) is 6.03 Å². The van der Waals surface area contributed by atoms with Crippen LogP contribution in [0.1, 0.15) is 25.8 Å². The molecule has 2 rings (SSSR count). The SMILES string of the molecule is CC(C)N1CC[C@H](CNC(=O)NCc2cccc(N(C)C)c2)C1. The van der Waals surface area contributed by atoms with E-state index in [0.29, 0.717) is 18.5 Å². The van der Waals surface area contributed by atoms with Gasteiger partial charge < -0.3 is 20.4 Å². The van der Waals surface area contributed by atoms with E-state index >= 15 is 0 Å². The number of carbonyl (C=O) groups excluding carboxylic acids is 1. The van der Waals surface area contributed by atoms with E-state index in [0.717, 1.165) is 30.9 Å². The fourth-order valence-electron chi connectivity index (χ4n) is 2.92. The lowest BCUT2D eigenvalue weighted by Crippen LogP contribution is -2.38. The van der Waals surface area contributed by atoms with E-state index in [9.17, 15) is 4.79 Å². The van der Waals surface area contributed by atoms with Gasteiger partial charge in [0.25, 0.3) is 0 Å². The van der Waals surface area contributed by atoms with Crippen molar-refractivity contribution in [2.45, 2.75) is 32.9 Å². The maximum absolute atomic E-state index is 12.0. The number of nitrogens with one attached hydrogen (secondary N) is 2. The third-order valence-corrected chi connectivity index (χ3v) is 4.48. The third kappa shape index (κ3) is 5.43. The largest absolute Gasteiger partial charge is 0.378 e. The van der Waals surface area contributed by atoms with Gasteiger partial charge in [-0.25, -0.2) is 4.79 Å². The summed E-state index contributed by atoms with van der Waals surface area (Å²) in [5, 5.41) is 5.95. The van der Waals surface area contributed by atoms with Crippen LogP contribution in [0.2, 0.25) is 0 Å². The Labute approximate surface area is 140 Å². The predicted octanol–water partition coefficient (Wildman–Crippen LogP) is 2.28. The summed E-state index contributed by atoms with van der Waals surface area (Å²) in [5.74, 6) is 0.570. The van der Waals surface area contributed by atoms with Crippen LogP contribution in [0.15, 0.2) is 24.3 Å². The molecular formula is C18H30N4O. The molecule has 0 aromatic heterocycles. The summed E-state index contributed by atoms with van der Waals surface area (Å²) in [6.07, 6.45) is 1.17. The Morgan fingerprint density at radius 1 is 1.35 bits per heavy atom. The molecule has 1 aromatic rings. The molecule has 1 saturated heterocycles. The molecular weight excluding hydrogens is 288 g/mol. The summed E-state index contributed by atoms with van der Waals surface area (Å²) >= 11 is 0. The highest BCUT2D eigenvalue weighted by atomic mass is 16.2. The number of anilines is 1. The summed E-state index contributed by atoms with van der Waals surface area (Å²) in [6, 6.07) is 8.72. The van der Waals surface area contributed by atoms with Gasteiger partial charge in [-0.1, -0.05) is 12.1 Å². The molecule has 5 nitrogen and oxygen atoms in total. The van der Waals surface area contributed by atoms with Gasteiger partial charge in [0.1, 0.15) is 0 Å². The zero-order chi connectivity index (χ0) is 16.8. The van der Waals surface area contributed by atoms with Crippen LogP contribution in [-0.4, -0.2) is 50.7 Å². The highest BCUT2D eigenvalue weighted by molar-refractivity contribution is 5.73. The number of likely N-dealkylation sites (tertiary alicyclic amines) is 1. The zero-order valence-electron chi connectivity index (χ0n) is 14.8. The zero-order valence-corrected chi connectivity index (χ0v) is 14.8. The van der Waals surface area contributed by atoms with E-state index < -0.39 is 0 Å². The van der Waals surface area contributed by atoms with Crippen molar-refractivity contribution < 1.29 is 4.79 Å². The van der Waals surface area contributed by atoms with Crippen LogP contribution in [-0.2, 0) is 6.54 Å². The monoisotopic (exact) mass is 318 g/mol. The molecule has 2 amide bonds. The fourth-order valence-corrected chi connectivity index (χ4v) is 2.92. The number of urea groups is 1. The second-order valence-corrected chi connectivity index (χ2v) is 6.87. The van der Waals surface area contributed by atoms with Gasteiger partial charge in [-0.2, -0.15) is 0 Å². The molecule has 23 heavy (non-hydrogen) atoms. The number of carbonyl (C=O) groups is 1. The van der Waals surface area contributed by atoms with Crippen LogP contribution in [0.3, 0.4) is 0 Å². The Morgan fingerprint density at radius 3 is 2.78 bits per heavy atom. The highest BCUT2D eigenvalue weighted by Gasteiger charge is 2.24. The van der Waals surface area contributed by atoms with E-state index in [1.165, 1.54) is 6.42 Å². The number of rotatable bonds is 6. The number of hydrogen-bond donors (Lipinski definition) is 2. The van der Waals surface area contributed by atoms with Gasteiger partial charge in [0.15, 0.2) is 0 Å². The number of nitrogens with zero attached hydrogens (tertiary/aromatic N) is 2. The standard InChI is InChI=1S/C18H30N4O/c1-14(2)22-9-8-16(13-22)12-20-18(23)19-11-15-6-5-7-17(10-15)21(3)4/h5-7,10,14,16H,8-9,11-13H2,1-4H3,(H2,19,20,23)/t16-/m1/s1. The minimum Gasteiger partial charge on any atom is -0.378 e. The Hall–Kier alpha value is -1.75. The van der Waals surface area contributed by atoms with Gasteiger partial charge in [-0.15, -0.1) is 0 Å². The van der Waals surface area contributed by atoms with Crippen LogP contribution < -0.4 is 15.5 Å². The van der Waals surface area contributed by atoms with Gasteiger partial charge in [0.05, 0.1) is 0 Å². The van der Waals surface area contributed by atoms with Gasteiger partial charge in [0, 0.05) is 45.5 Å². The van der Waals surface area contributed by atoms with Crippen molar-refractivity contribution in [3.8, 4) is 0 Å². The minimum atomic E-state index is -0.0803. The molecule has 5 heteroatoms. The molecule has 0 aliphatic carbocycles. The second kappa shape index (κ2) is 8.20. The molecule has 1 atom stereocenters. The summed E-state index contributed by atoms with van der Waals surface area (Å²) in [4.78, 5) is 16.5. The smallest absolute Gasteiger partial charge is 0.315 e. The molecule has 2 N–H and O–H groups in total. The molecule has 0 bridgehead atoms. The molecule has 1 aliphatic rings. The summed E-state index contributed by atoms with van der Waals surface area (Å²) in [7, 11) is 4.03. The molecule has 1 aliphatic heterocycles. The minimum absolute atomic E-state index is 0.0803.